The van der Waals surface area contributed by atoms with Gasteiger partial charge in [0.05, 0.1) is 0 Å². The van der Waals surface area contributed by atoms with Crippen LogP contribution in [0.25, 0.3) is 0 Å². The first-order valence-corrected chi connectivity index (χ1v) is 8.35. The Labute approximate surface area is 136 Å². The highest BCUT2D eigenvalue weighted by Crippen LogP contribution is 2.43. The molecule has 1 fully saturated rings. The molecule has 0 amide bonds. The first-order chi connectivity index (χ1) is 11.3. The van der Waals surface area contributed by atoms with Gasteiger partial charge in [0.25, 0.3) is 0 Å². The predicted octanol–water partition coefficient (Wildman–Crippen LogP) is 3.40. The lowest BCUT2D eigenvalue weighted by Gasteiger charge is -2.23. The van der Waals surface area contributed by atoms with Crippen LogP contribution in [0.15, 0.2) is 36.5 Å². The van der Waals surface area contributed by atoms with Crippen LogP contribution in [0.1, 0.15) is 35.7 Å². The molecule has 1 atom stereocenters. The molecule has 1 aliphatic carbocycles. The van der Waals surface area contributed by atoms with E-state index in [1.807, 2.05) is 18.3 Å². The number of pyridine rings is 1. The van der Waals surface area contributed by atoms with E-state index in [4.69, 9.17) is 9.47 Å². The number of fused-ring (bicyclic) bond motifs is 1. The number of ether oxygens (including phenoxy) is 2. The number of hydrogen-bond acceptors (Lipinski definition) is 4. The standard InChI is InChI=1S/C19H22N2O2/c1-13-16(3-2-8-20-13)12-21-19(14-4-5-14)15-6-7-17-18(11-15)23-10-9-22-17/h2-3,6-8,11,14,19,21H,4-5,9-10,12H2,1H3/t19-/m0/s1. The van der Waals surface area contributed by atoms with E-state index in [0.29, 0.717) is 19.3 Å². The lowest BCUT2D eigenvalue weighted by Crippen LogP contribution is -2.24. The number of rotatable bonds is 5. The summed E-state index contributed by atoms with van der Waals surface area (Å²) in [5, 5.41) is 3.73. The van der Waals surface area contributed by atoms with Gasteiger partial charge in [-0.25, -0.2) is 0 Å². The monoisotopic (exact) mass is 310 g/mol. The van der Waals surface area contributed by atoms with Crippen LogP contribution in [0.4, 0.5) is 0 Å². The molecule has 0 spiro atoms. The highest BCUT2D eigenvalue weighted by Gasteiger charge is 2.32. The molecule has 2 heterocycles. The smallest absolute Gasteiger partial charge is 0.161 e. The summed E-state index contributed by atoms with van der Waals surface area (Å²) >= 11 is 0. The number of aromatic nitrogens is 1. The number of nitrogens with one attached hydrogen (secondary N) is 1. The maximum Gasteiger partial charge on any atom is 0.161 e. The maximum atomic E-state index is 5.73. The van der Waals surface area contributed by atoms with Crippen molar-refractivity contribution >= 4 is 0 Å². The molecule has 2 aromatic rings. The SMILES string of the molecule is Cc1ncccc1CN[C@H](c1ccc2c(c1)OCCO2)C1CC1. The van der Waals surface area contributed by atoms with Gasteiger partial charge >= 0.3 is 0 Å². The van der Waals surface area contributed by atoms with E-state index in [1.165, 1.54) is 24.0 Å². The lowest BCUT2D eigenvalue weighted by molar-refractivity contribution is 0.171. The van der Waals surface area contributed by atoms with Crippen LogP contribution in [0, 0.1) is 12.8 Å². The molecule has 2 aliphatic rings. The average Bonchev–Trinajstić information content (AvgIpc) is 3.41. The third kappa shape index (κ3) is 3.17. The van der Waals surface area contributed by atoms with Crippen molar-refractivity contribution in [2.75, 3.05) is 13.2 Å². The van der Waals surface area contributed by atoms with Crippen molar-refractivity contribution in [3.05, 3.63) is 53.3 Å². The van der Waals surface area contributed by atoms with Crippen LogP contribution in [-0.2, 0) is 6.54 Å². The first-order valence-electron chi connectivity index (χ1n) is 8.35. The summed E-state index contributed by atoms with van der Waals surface area (Å²) in [6, 6.07) is 10.9. The average molecular weight is 310 g/mol. The second-order valence-electron chi connectivity index (χ2n) is 6.35. The molecule has 23 heavy (non-hydrogen) atoms. The highest BCUT2D eigenvalue weighted by molar-refractivity contribution is 5.45. The fraction of sp³-hybridized carbons (Fsp3) is 0.421. The van der Waals surface area contributed by atoms with Gasteiger partial charge in [-0.3, -0.25) is 4.98 Å². The van der Waals surface area contributed by atoms with Crippen molar-refractivity contribution in [3.63, 3.8) is 0 Å². The van der Waals surface area contributed by atoms with E-state index in [9.17, 15) is 0 Å². The van der Waals surface area contributed by atoms with Gasteiger partial charge < -0.3 is 14.8 Å². The Balaban J connectivity index is 1.53. The molecule has 1 aromatic heterocycles. The number of hydrogen-bond donors (Lipinski definition) is 1. The van der Waals surface area contributed by atoms with E-state index in [-0.39, 0.29) is 0 Å². The Morgan fingerprint density at radius 2 is 2.00 bits per heavy atom. The molecule has 4 heteroatoms. The Morgan fingerprint density at radius 3 is 2.78 bits per heavy atom. The molecular weight excluding hydrogens is 288 g/mol. The molecule has 1 aromatic carbocycles. The summed E-state index contributed by atoms with van der Waals surface area (Å²) in [6.45, 7) is 4.17. The van der Waals surface area contributed by atoms with E-state index in [2.05, 4.69) is 35.4 Å². The topological polar surface area (TPSA) is 43.4 Å². The zero-order chi connectivity index (χ0) is 15.6. The highest BCUT2D eigenvalue weighted by atomic mass is 16.6. The minimum Gasteiger partial charge on any atom is -0.486 e. The number of nitrogens with zero attached hydrogens (tertiary/aromatic N) is 1. The Morgan fingerprint density at radius 1 is 1.17 bits per heavy atom. The van der Waals surface area contributed by atoms with Crippen LogP contribution >= 0.6 is 0 Å². The van der Waals surface area contributed by atoms with Crippen LogP contribution in [0.3, 0.4) is 0 Å². The van der Waals surface area contributed by atoms with Gasteiger partial charge in [0.1, 0.15) is 13.2 Å². The fourth-order valence-electron chi connectivity index (χ4n) is 3.16. The Kier molecular flexibility index (Phi) is 3.92. The number of aryl methyl sites for hydroxylation is 1. The van der Waals surface area contributed by atoms with Crippen LogP contribution in [0.5, 0.6) is 11.5 Å². The summed E-state index contributed by atoms with van der Waals surface area (Å²) in [5.74, 6) is 2.45. The first kappa shape index (κ1) is 14.5. The molecule has 1 N–H and O–H groups in total. The van der Waals surface area contributed by atoms with Crippen molar-refractivity contribution in [2.45, 2.75) is 32.4 Å². The molecule has 0 saturated heterocycles. The minimum absolute atomic E-state index is 0.366. The van der Waals surface area contributed by atoms with Gasteiger partial charge in [0.15, 0.2) is 11.5 Å². The molecule has 120 valence electrons. The molecule has 0 unspecified atom stereocenters. The van der Waals surface area contributed by atoms with Crippen molar-refractivity contribution in [3.8, 4) is 11.5 Å². The largest absolute Gasteiger partial charge is 0.486 e. The van der Waals surface area contributed by atoms with Crippen molar-refractivity contribution < 1.29 is 9.47 Å². The summed E-state index contributed by atoms with van der Waals surface area (Å²) in [5.41, 5.74) is 3.64. The maximum absolute atomic E-state index is 5.73. The Hall–Kier alpha value is -2.07. The molecular formula is C19H22N2O2. The number of benzene rings is 1. The van der Waals surface area contributed by atoms with E-state index in [0.717, 1.165) is 29.7 Å². The summed E-state index contributed by atoms with van der Waals surface area (Å²) in [7, 11) is 0. The van der Waals surface area contributed by atoms with E-state index < -0.39 is 0 Å². The van der Waals surface area contributed by atoms with Crippen molar-refractivity contribution in [1.29, 1.82) is 0 Å². The van der Waals surface area contributed by atoms with Crippen molar-refractivity contribution in [2.24, 2.45) is 5.92 Å². The van der Waals surface area contributed by atoms with Crippen molar-refractivity contribution in [1.82, 2.24) is 10.3 Å². The Bertz CT molecular complexity index is 698. The van der Waals surface area contributed by atoms with Gasteiger partial charge in [-0.1, -0.05) is 12.1 Å². The molecule has 0 radical (unpaired) electrons. The van der Waals surface area contributed by atoms with Gasteiger partial charge in [-0.2, -0.15) is 0 Å². The molecule has 4 rings (SSSR count). The predicted molar refractivity (Wildman–Crippen MR) is 88.7 cm³/mol. The lowest BCUT2D eigenvalue weighted by atomic mass is 10.0. The zero-order valence-corrected chi connectivity index (χ0v) is 13.4. The van der Waals surface area contributed by atoms with Crippen LogP contribution in [-0.4, -0.2) is 18.2 Å². The minimum atomic E-state index is 0.366. The van der Waals surface area contributed by atoms with Crippen LogP contribution in [0.2, 0.25) is 0 Å². The second-order valence-corrected chi connectivity index (χ2v) is 6.35. The third-order valence-electron chi connectivity index (χ3n) is 4.65. The molecule has 0 bridgehead atoms. The van der Waals surface area contributed by atoms with E-state index >= 15 is 0 Å². The summed E-state index contributed by atoms with van der Waals surface area (Å²) < 4.78 is 11.4. The molecule has 4 nitrogen and oxygen atoms in total. The fourth-order valence-corrected chi connectivity index (χ4v) is 3.16. The van der Waals surface area contributed by atoms with Gasteiger partial charge in [-0.15, -0.1) is 0 Å². The molecule has 1 saturated carbocycles. The molecule has 1 aliphatic heterocycles. The van der Waals surface area contributed by atoms with Gasteiger partial charge in [0.2, 0.25) is 0 Å². The summed E-state index contributed by atoms with van der Waals surface area (Å²) in [6.07, 6.45) is 4.42. The third-order valence-corrected chi connectivity index (χ3v) is 4.65. The zero-order valence-electron chi connectivity index (χ0n) is 13.4. The van der Waals surface area contributed by atoms with Crippen LogP contribution < -0.4 is 14.8 Å². The normalized spacial score (nSPS) is 17.8. The van der Waals surface area contributed by atoms with Gasteiger partial charge in [-0.05, 0) is 55.0 Å². The second kappa shape index (κ2) is 6.20. The van der Waals surface area contributed by atoms with Gasteiger partial charge in [0, 0.05) is 24.5 Å². The summed E-state index contributed by atoms with van der Waals surface area (Å²) in [4.78, 5) is 4.37. The quantitative estimate of drug-likeness (QED) is 0.919. The van der Waals surface area contributed by atoms with E-state index in [1.54, 1.807) is 0 Å².